The Morgan fingerprint density at radius 1 is 1.15 bits per heavy atom. The molecule has 2 rings (SSSR count). The number of allylic oxidation sites excluding steroid dienone is 1. The highest BCUT2D eigenvalue weighted by Gasteiger charge is 2.28. The molecular weight excluding hydrogens is 256 g/mol. The molecule has 0 unspecified atom stereocenters. The first-order chi connectivity index (χ1) is 9.56. The number of hydrogen-bond donors (Lipinski definition) is 2. The Hall–Kier alpha value is -2.27. The molecule has 104 valence electrons. The minimum Gasteiger partial charge on any atom is -0.351 e. The molecule has 5 nitrogen and oxygen atoms in total. The molecular formula is C15H17N2O3+. The van der Waals surface area contributed by atoms with Crippen LogP contribution in [0, 0.1) is 0 Å². The van der Waals surface area contributed by atoms with Crippen LogP contribution in [0.4, 0.5) is 0 Å². The minimum absolute atomic E-state index is 0.112. The van der Waals surface area contributed by atoms with Gasteiger partial charge in [0.05, 0.1) is 0 Å². The second kappa shape index (κ2) is 5.79. The van der Waals surface area contributed by atoms with Gasteiger partial charge in [-0.25, -0.2) is 0 Å². The van der Waals surface area contributed by atoms with Gasteiger partial charge in [-0.1, -0.05) is 24.3 Å². The first kappa shape index (κ1) is 14.1. The molecule has 0 saturated heterocycles. The fourth-order valence-corrected chi connectivity index (χ4v) is 2.27. The Labute approximate surface area is 116 Å². The van der Waals surface area contributed by atoms with Crippen molar-refractivity contribution < 1.29 is 20.1 Å². The standard InChI is InChI=1S/C15H16N2O3/c1-9-10(6-7-17-13(18)8-16)15(20)12-5-3-2-4-11(12)14(9)19/h2-5H,6-8,16H2,1H3,(H,17,18)/p+1. The average Bonchev–Trinajstić information content (AvgIpc) is 2.48. The summed E-state index contributed by atoms with van der Waals surface area (Å²) in [4.78, 5) is 35.7. The zero-order valence-electron chi connectivity index (χ0n) is 11.4. The van der Waals surface area contributed by atoms with Crippen molar-refractivity contribution in [2.45, 2.75) is 13.3 Å². The van der Waals surface area contributed by atoms with Gasteiger partial charge in [0.2, 0.25) is 0 Å². The number of fused-ring (bicyclic) bond motifs is 1. The molecule has 5 heteroatoms. The summed E-state index contributed by atoms with van der Waals surface area (Å²) in [6.07, 6.45) is 0.358. The Morgan fingerprint density at radius 2 is 1.75 bits per heavy atom. The van der Waals surface area contributed by atoms with Gasteiger partial charge in [0, 0.05) is 28.8 Å². The molecule has 1 aliphatic carbocycles. The van der Waals surface area contributed by atoms with Crippen molar-refractivity contribution in [2.24, 2.45) is 0 Å². The van der Waals surface area contributed by atoms with Crippen LogP contribution in [0.3, 0.4) is 0 Å². The van der Waals surface area contributed by atoms with Crippen molar-refractivity contribution in [2.75, 3.05) is 13.1 Å². The van der Waals surface area contributed by atoms with Crippen LogP contribution in [-0.4, -0.2) is 30.6 Å². The van der Waals surface area contributed by atoms with E-state index < -0.39 is 0 Å². The second-order valence-electron chi connectivity index (χ2n) is 4.66. The Balaban J connectivity index is 2.21. The molecule has 4 N–H and O–H groups in total. The lowest BCUT2D eigenvalue weighted by Crippen LogP contribution is -2.57. The normalized spacial score (nSPS) is 14.3. The Morgan fingerprint density at radius 3 is 2.35 bits per heavy atom. The van der Waals surface area contributed by atoms with Crippen molar-refractivity contribution >= 4 is 17.5 Å². The smallest absolute Gasteiger partial charge is 0.275 e. The molecule has 1 aliphatic rings. The number of carbonyl (C=O) groups excluding carboxylic acids is 3. The summed E-state index contributed by atoms with van der Waals surface area (Å²) in [6.45, 7) is 2.16. The molecule has 0 fully saturated rings. The Bertz CT molecular complexity index is 617. The van der Waals surface area contributed by atoms with Crippen LogP contribution >= 0.6 is 0 Å². The third-order valence-electron chi connectivity index (χ3n) is 3.41. The van der Waals surface area contributed by atoms with Crippen LogP contribution in [0.2, 0.25) is 0 Å². The molecule has 0 aliphatic heterocycles. The van der Waals surface area contributed by atoms with Crippen molar-refractivity contribution in [1.29, 1.82) is 0 Å². The quantitative estimate of drug-likeness (QED) is 0.817. The van der Waals surface area contributed by atoms with E-state index >= 15 is 0 Å². The average molecular weight is 273 g/mol. The summed E-state index contributed by atoms with van der Waals surface area (Å²) in [6, 6.07) is 6.82. The van der Waals surface area contributed by atoms with Crippen molar-refractivity contribution in [3.05, 3.63) is 46.5 Å². The maximum atomic E-state index is 12.4. The summed E-state index contributed by atoms with van der Waals surface area (Å²) < 4.78 is 0. The van der Waals surface area contributed by atoms with Gasteiger partial charge in [-0.05, 0) is 13.3 Å². The number of hydrogen-bond acceptors (Lipinski definition) is 3. The van der Waals surface area contributed by atoms with E-state index in [0.717, 1.165) is 0 Å². The van der Waals surface area contributed by atoms with Crippen LogP contribution in [0.25, 0.3) is 0 Å². The van der Waals surface area contributed by atoms with E-state index in [1.807, 2.05) is 0 Å². The zero-order valence-corrected chi connectivity index (χ0v) is 11.4. The van der Waals surface area contributed by atoms with Crippen molar-refractivity contribution in [3.63, 3.8) is 0 Å². The molecule has 0 heterocycles. The van der Waals surface area contributed by atoms with Gasteiger partial charge in [-0.3, -0.25) is 14.4 Å². The molecule has 0 radical (unpaired) electrons. The number of Topliss-reactive ketones (excluding diaryl/α,β-unsaturated/α-hetero) is 2. The number of carbonyl (C=O) groups is 3. The number of nitrogens with one attached hydrogen (secondary N) is 1. The summed E-state index contributed by atoms with van der Waals surface area (Å²) >= 11 is 0. The van der Waals surface area contributed by atoms with Crippen LogP contribution in [-0.2, 0) is 4.79 Å². The van der Waals surface area contributed by atoms with E-state index in [2.05, 4.69) is 11.1 Å². The third-order valence-corrected chi connectivity index (χ3v) is 3.41. The topological polar surface area (TPSA) is 90.9 Å². The van der Waals surface area contributed by atoms with Gasteiger partial charge in [-0.2, -0.15) is 0 Å². The van der Waals surface area contributed by atoms with E-state index in [1.165, 1.54) is 0 Å². The van der Waals surface area contributed by atoms with Gasteiger partial charge < -0.3 is 11.1 Å². The fourth-order valence-electron chi connectivity index (χ4n) is 2.27. The maximum absolute atomic E-state index is 12.4. The van der Waals surface area contributed by atoms with Gasteiger partial charge >= 0.3 is 0 Å². The summed E-state index contributed by atoms with van der Waals surface area (Å²) in [5.41, 5.74) is 5.34. The third kappa shape index (κ3) is 2.53. The molecule has 0 saturated carbocycles. The molecule has 0 spiro atoms. The highest BCUT2D eigenvalue weighted by Crippen LogP contribution is 2.27. The first-order valence-corrected chi connectivity index (χ1v) is 6.50. The number of ketones is 2. The van der Waals surface area contributed by atoms with Crippen molar-refractivity contribution in [3.8, 4) is 0 Å². The Kier molecular flexibility index (Phi) is 4.10. The second-order valence-corrected chi connectivity index (χ2v) is 4.66. The van der Waals surface area contributed by atoms with Crippen LogP contribution < -0.4 is 11.1 Å². The largest absolute Gasteiger partial charge is 0.351 e. The molecule has 1 amide bonds. The fraction of sp³-hybridized carbons (Fsp3) is 0.267. The molecule has 0 bridgehead atoms. The number of amides is 1. The van der Waals surface area contributed by atoms with Crippen molar-refractivity contribution in [1.82, 2.24) is 5.32 Å². The molecule has 0 atom stereocenters. The lowest BCUT2D eigenvalue weighted by atomic mass is 9.83. The molecule has 1 aromatic carbocycles. The lowest BCUT2D eigenvalue weighted by molar-refractivity contribution is -0.355. The highest BCUT2D eigenvalue weighted by molar-refractivity contribution is 6.26. The zero-order chi connectivity index (χ0) is 14.7. The number of rotatable bonds is 4. The number of quaternary nitrogens is 1. The van der Waals surface area contributed by atoms with Crippen LogP contribution in [0.5, 0.6) is 0 Å². The summed E-state index contributed by atoms with van der Waals surface area (Å²) in [5.74, 6) is -0.404. The lowest BCUT2D eigenvalue weighted by Gasteiger charge is -2.18. The molecule has 0 aromatic heterocycles. The predicted molar refractivity (Wildman–Crippen MR) is 73.2 cm³/mol. The van der Waals surface area contributed by atoms with Gasteiger partial charge in [-0.15, -0.1) is 0 Å². The summed E-state index contributed by atoms with van der Waals surface area (Å²) in [5, 5.41) is 2.66. The summed E-state index contributed by atoms with van der Waals surface area (Å²) in [7, 11) is 0. The van der Waals surface area contributed by atoms with Gasteiger partial charge in [0.1, 0.15) is 0 Å². The van der Waals surface area contributed by atoms with Crippen LogP contribution in [0.15, 0.2) is 35.4 Å². The highest BCUT2D eigenvalue weighted by atomic mass is 16.2. The van der Waals surface area contributed by atoms with E-state index in [4.69, 9.17) is 0 Å². The molecule has 20 heavy (non-hydrogen) atoms. The van der Waals surface area contributed by atoms with Crippen LogP contribution in [0.1, 0.15) is 34.1 Å². The van der Waals surface area contributed by atoms with Gasteiger partial charge in [0.15, 0.2) is 18.1 Å². The predicted octanol–water partition coefficient (Wildman–Crippen LogP) is 0.130. The minimum atomic E-state index is -0.168. The maximum Gasteiger partial charge on any atom is 0.275 e. The van der Waals surface area contributed by atoms with Gasteiger partial charge in [0.25, 0.3) is 5.91 Å². The first-order valence-electron chi connectivity index (χ1n) is 6.50. The van der Waals surface area contributed by atoms with E-state index in [0.29, 0.717) is 35.2 Å². The monoisotopic (exact) mass is 273 g/mol. The molecule has 1 aromatic rings. The van der Waals surface area contributed by atoms with E-state index in [-0.39, 0.29) is 24.0 Å². The van der Waals surface area contributed by atoms with E-state index in [1.54, 1.807) is 31.2 Å². The number of benzene rings is 1. The van der Waals surface area contributed by atoms with E-state index in [9.17, 15) is 14.4 Å². The SMILES string of the molecule is CC1=C(CCNC(=O)C[NH3+])C(=O)c2ccccc2C1=O.